The van der Waals surface area contributed by atoms with E-state index in [9.17, 15) is 14.7 Å². The molecule has 0 aromatic heterocycles. The molecule has 1 aliphatic heterocycles. The molecule has 1 amide bonds. The summed E-state index contributed by atoms with van der Waals surface area (Å²) in [5.41, 5.74) is 0. The Morgan fingerprint density at radius 1 is 1.06 bits per heavy atom. The normalized spacial score (nSPS) is 38.9. The average molecular weight is 235 g/mol. The first-order valence-electron chi connectivity index (χ1n) is 6.38. The molecule has 1 heterocycles. The zero-order chi connectivity index (χ0) is 12.0. The zero-order valence-corrected chi connectivity index (χ0v) is 9.71. The van der Waals surface area contributed by atoms with Crippen molar-refractivity contribution in [2.45, 2.75) is 19.3 Å². The van der Waals surface area contributed by atoms with Gasteiger partial charge in [0.05, 0.1) is 11.8 Å². The smallest absolute Gasteiger partial charge is 0.307 e. The first-order chi connectivity index (χ1) is 8.18. The lowest BCUT2D eigenvalue weighted by Crippen LogP contribution is -2.41. The number of allylic oxidation sites excluding steroid dienone is 2. The van der Waals surface area contributed by atoms with E-state index in [1.807, 2.05) is 17.1 Å². The lowest BCUT2D eigenvalue weighted by Gasteiger charge is -2.28. The van der Waals surface area contributed by atoms with Crippen LogP contribution in [0.15, 0.2) is 12.2 Å². The maximum absolute atomic E-state index is 12.4. The number of amides is 1. The fourth-order valence-electron chi connectivity index (χ4n) is 3.64. The van der Waals surface area contributed by atoms with Crippen LogP contribution in [-0.4, -0.2) is 35.0 Å². The van der Waals surface area contributed by atoms with Crippen LogP contribution in [0.4, 0.5) is 0 Å². The Hall–Kier alpha value is -1.32. The number of carboxylic acid groups (broad SMARTS) is 1. The van der Waals surface area contributed by atoms with Gasteiger partial charge in [0.25, 0.3) is 0 Å². The summed E-state index contributed by atoms with van der Waals surface area (Å²) in [5.74, 6) is -1.28. The van der Waals surface area contributed by atoms with E-state index >= 15 is 0 Å². The summed E-state index contributed by atoms with van der Waals surface area (Å²) in [5, 5.41) is 9.29. The van der Waals surface area contributed by atoms with Gasteiger partial charge in [0.2, 0.25) is 5.91 Å². The van der Waals surface area contributed by atoms with Crippen LogP contribution in [0.2, 0.25) is 0 Å². The number of nitrogens with zero attached hydrogens (tertiary/aromatic N) is 1. The molecule has 0 aromatic carbocycles. The van der Waals surface area contributed by atoms with Crippen molar-refractivity contribution in [3.05, 3.63) is 12.2 Å². The molecule has 2 bridgehead atoms. The van der Waals surface area contributed by atoms with E-state index in [-0.39, 0.29) is 23.7 Å². The van der Waals surface area contributed by atoms with Gasteiger partial charge < -0.3 is 10.0 Å². The third kappa shape index (κ3) is 1.58. The summed E-state index contributed by atoms with van der Waals surface area (Å²) in [6, 6.07) is 0. The molecule has 4 atom stereocenters. The van der Waals surface area contributed by atoms with Crippen LogP contribution in [0.25, 0.3) is 0 Å². The molecule has 92 valence electrons. The number of carboxylic acids is 1. The molecule has 2 aliphatic carbocycles. The van der Waals surface area contributed by atoms with Crippen molar-refractivity contribution in [2.24, 2.45) is 23.7 Å². The highest BCUT2D eigenvalue weighted by Gasteiger charge is 2.52. The summed E-state index contributed by atoms with van der Waals surface area (Å²) >= 11 is 0. The first kappa shape index (κ1) is 10.8. The van der Waals surface area contributed by atoms with Crippen LogP contribution in [0.5, 0.6) is 0 Å². The molecule has 0 radical (unpaired) electrons. The largest absolute Gasteiger partial charge is 0.481 e. The molecule has 1 saturated heterocycles. The monoisotopic (exact) mass is 235 g/mol. The van der Waals surface area contributed by atoms with Crippen LogP contribution >= 0.6 is 0 Å². The highest BCUT2D eigenvalue weighted by Crippen LogP contribution is 2.48. The van der Waals surface area contributed by atoms with Gasteiger partial charge in [0.15, 0.2) is 0 Å². The zero-order valence-electron chi connectivity index (χ0n) is 9.71. The van der Waals surface area contributed by atoms with E-state index in [1.54, 1.807) is 0 Å². The maximum atomic E-state index is 12.4. The van der Waals surface area contributed by atoms with Gasteiger partial charge in [-0.1, -0.05) is 12.2 Å². The van der Waals surface area contributed by atoms with Crippen LogP contribution < -0.4 is 0 Å². The van der Waals surface area contributed by atoms with Gasteiger partial charge in [-0.25, -0.2) is 0 Å². The number of rotatable bonds is 2. The lowest BCUT2D eigenvalue weighted by atomic mass is 9.82. The summed E-state index contributed by atoms with van der Waals surface area (Å²) in [6.07, 6.45) is 6.99. The number of likely N-dealkylation sites (tertiary alicyclic amines) is 1. The third-order valence-corrected chi connectivity index (χ3v) is 4.45. The molecule has 0 aromatic rings. The minimum atomic E-state index is -0.806. The SMILES string of the molecule is O=C(O)[C@H]1[C@@H](C(=O)N2CCCC2)[C@H]2C=C[C@@H]1C2. The average Bonchev–Trinajstić information content (AvgIpc) is 3.02. The van der Waals surface area contributed by atoms with Gasteiger partial charge in [0, 0.05) is 13.1 Å². The Bertz CT molecular complexity index is 384. The van der Waals surface area contributed by atoms with Crippen molar-refractivity contribution in [2.75, 3.05) is 13.1 Å². The van der Waals surface area contributed by atoms with Gasteiger partial charge in [-0.2, -0.15) is 0 Å². The van der Waals surface area contributed by atoms with Crippen molar-refractivity contribution in [3.8, 4) is 0 Å². The maximum Gasteiger partial charge on any atom is 0.307 e. The van der Waals surface area contributed by atoms with Gasteiger partial charge in [-0.15, -0.1) is 0 Å². The van der Waals surface area contributed by atoms with Crippen LogP contribution in [0, 0.1) is 23.7 Å². The van der Waals surface area contributed by atoms with E-state index in [4.69, 9.17) is 0 Å². The fraction of sp³-hybridized carbons (Fsp3) is 0.692. The molecule has 1 N–H and O–H groups in total. The Kier molecular flexibility index (Phi) is 2.45. The molecular formula is C13H17NO3. The van der Waals surface area contributed by atoms with E-state index in [1.165, 1.54) is 0 Å². The fourth-order valence-corrected chi connectivity index (χ4v) is 3.64. The third-order valence-electron chi connectivity index (χ3n) is 4.45. The second-order valence-corrected chi connectivity index (χ2v) is 5.37. The van der Waals surface area contributed by atoms with Crippen molar-refractivity contribution < 1.29 is 14.7 Å². The summed E-state index contributed by atoms with van der Waals surface area (Å²) in [4.78, 5) is 25.6. The molecule has 0 spiro atoms. The van der Waals surface area contributed by atoms with E-state index in [0.717, 1.165) is 32.4 Å². The molecule has 3 aliphatic rings. The lowest BCUT2D eigenvalue weighted by molar-refractivity contribution is -0.150. The minimum absolute atomic E-state index is 0.0757. The molecule has 1 saturated carbocycles. The number of aliphatic carboxylic acids is 1. The van der Waals surface area contributed by atoms with Crippen molar-refractivity contribution in [1.82, 2.24) is 4.90 Å². The van der Waals surface area contributed by atoms with Crippen molar-refractivity contribution >= 4 is 11.9 Å². The minimum Gasteiger partial charge on any atom is -0.481 e. The molecule has 17 heavy (non-hydrogen) atoms. The summed E-state index contributed by atoms with van der Waals surface area (Å²) < 4.78 is 0. The van der Waals surface area contributed by atoms with Gasteiger partial charge in [-0.3, -0.25) is 9.59 Å². The predicted molar refractivity (Wildman–Crippen MR) is 61.2 cm³/mol. The Morgan fingerprint density at radius 3 is 2.24 bits per heavy atom. The van der Waals surface area contributed by atoms with Crippen LogP contribution in [0.3, 0.4) is 0 Å². The molecule has 4 heteroatoms. The van der Waals surface area contributed by atoms with Gasteiger partial charge in [0.1, 0.15) is 0 Å². The van der Waals surface area contributed by atoms with Crippen molar-refractivity contribution in [1.29, 1.82) is 0 Å². The number of hydrogen-bond acceptors (Lipinski definition) is 2. The molecule has 4 nitrogen and oxygen atoms in total. The standard InChI is InChI=1S/C13H17NO3/c15-12(14-5-1-2-6-14)10-8-3-4-9(7-8)11(10)13(16)17/h3-4,8-11H,1-2,5-7H2,(H,16,17)/t8-,9+,10-,11+/m0/s1. The van der Waals surface area contributed by atoms with E-state index < -0.39 is 11.9 Å². The van der Waals surface area contributed by atoms with Gasteiger partial charge >= 0.3 is 5.97 Å². The van der Waals surface area contributed by atoms with E-state index in [2.05, 4.69) is 0 Å². The highest BCUT2D eigenvalue weighted by atomic mass is 16.4. The molecular weight excluding hydrogens is 218 g/mol. The molecule has 2 fully saturated rings. The summed E-state index contributed by atoms with van der Waals surface area (Å²) in [6.45, 7) is 1.62. The number of carbonyl (C=O) groups is 2. The van der Waals surface area contributed by atoms with Crippen LogP contribution in [-0.2, 0) is 9.59 Å². The summed E-state index contributed by atoms with van der Waals surface area (Å²) in [7, 11) is 0. The quantitative estimate of drug-likeness (QED) is 0.730. The Balaban J connectivity index is 1.83. The van der Waals surface area contributed by atoms with Gasteiger partial charge in [-0.05, 0) is 31.1 Å². The Labute approximate surface area is 100 Å². The number of hydrogen-bond donors (Lipinski definition) is 1. The van der Waals surface area contributed by atoms with Crippen LogP contribution in [0.1, 0.15) is 19.3 Å². The highest BCUT2D eigenvalue weighted by molar-refractivity contribution is 5.87. The Morgan fingerprint density at radius 2 is 1.65 bits per heavy atom. The predicted octanol–water partition coefficient (Wildman–Crippen LogP) is 1.13. The van der Waals surface area contributed by atoms with E-state index in [0.29, 0.717) is 0 Å². The second-order valence-electron chi connectivity index (χ2n) is 5.37. The number of fused-ring (bicyclic) bond motifs is 2. The van der Waals surface area contributed by atoms with Crippen molar-refractivity contribution in [3.63, 3.8) is 0 Å². The topological polar surface area (TPSA) is 57.6 Å². The molecule has 3 rings (SSSR count). The second kappa shape index (κ2) is 3.86. The first-order valence-corrected chi connectivity index (χ1v) is 6.38. The number of carbonyl (C=O) groups excluding carboxylic acids is 1. The molecule has 0 unspecified atom stereocenters.